The highest BCUT2D eigenvalue weighted by Crippen LogP contribution is 2.32. The molecule has 0 atom stereocenters. The molecule has 3 aromatic rings. The van der Waals surface area contributed by atoms with Crippen molar-refractivity contribution in [3.8, 4) is 0 Å². The van der Waals surface area contributed by atoms with Crippen LogP contribution in [0.5, 0.6) is 0 Å². The number of benzene rings is 3. The largest absolute Gasteiger partial charge is 0.308 e. The molecule has 0 spiro atoms. The summed E-state index contributed by atoms with van der Waals surface area (Å²) in [5, 5.41) is 0. The highest BCUT2D eigenvalue weighted by atomic mass is 32.2. The van der Waals surface area contributed by atoms with Crippen LogP contribution in [0.25, 0.3) is 0 Å². The first-order valence-electron chi connectivity index (χ1n) is 9.28. The molecular weight excluding hydrogens is 410 g/mol. The van der Waals surface area contributed by atoms with E-state index in [0.717, 1.165) is 23.3 Å². The van der Waals surface area contributed by atoms with Crippen LogP contribution in [0.3, 0.4) is 0 Å². The fourth-order valence-electron chi connectivity index (χ4n) is 3.46. The Morgan fingerprint density at radius 3 is 2.47 bits per heavy atom. The molecule has 0 unspecified atom stereocenters. The Hall–Kier alpha value is -3.26. The summed E-state index contributed by atoms with van der Waals surface area (Å²) in [5.74, 6) is -1.90. The highest BCUT2D eigenvalue weighted by Gasteiger charge is 2.26. The molecule has 1 N–H and O–H groups in total. The Labute approximate surface area is 173 Å². The Bertz CT molecular complexity index is 1210. The molecule has 3 aromatic carbocycles. The van der Waals surface area contributed by atoms with Crippen LogP contribution in [0.4, 0.5) is 20.2 Å². The molecule has 0 aromatic heterocycles. The maximum Gasteiger partial charge on any atom is 0.264 e. The predicted molar refractivity (Wildman–Crippen MR) is 110 cm³/mol. The van der Waals surface area contributed by atoms with Gasteiger partial charge in [0.2, 0.25) is 5.91 Å². The first-order chi connectivity index (χ1) is 14.3. The van der Waals surface area contributed by atoms with E-state index in [4.69, 9.17) is 0 Å². The molecule has 0 fully saturated rings. The van der Waals surface area contributed by atoms with E-state index in [1.807, 2.05) is 30.3 Å². The van der Waals surface area contributed by atoms with Crippen LogP contribution >= 0.6 is 0 Å². The van der Waals surface area contributed by atoms with Crippen molar-refractivity contribution in [3.05, 3.63) is 89.5 Å². The number of amides is 1. The molecule has 154 valence electrons. The van der Waals surface area contributed by atoms with Crippen molar-refractivity contribution in [3.63, 3.8) is 0 Å². The maximum absolute atomic E-state index is 13.9. The zero-order valence-electron chi connectivity index (χ0n) is 15.8. The third-order valence-electron chi connectivity index (χ3n) is 4.90. The summed E-state index contributed by atoms with van der Waals surface area (Å²) < 4.78 is 54.6. The number of aryl methyl sites for hydroxylation is 1. The Balaban J connectivity index is 1.62. The van der Waals surface area contributed by atoms with Crippen molar-refractivity contribution in [2.45, 2.75) is 24.3 Å². The van der Waals surface area contributed by atoms with Crippen LogP contribution in [0.2, 0.25) is 0 Å². The van der Waals surface area contributed by atoms with Gasteiger partial charge in [-0.2, -0.15) is 0 Å². The van der Waals surface area contributed by atoms with E-state index in [1.165, 1.54) is 6.07 Å². The standard InChI is InChI=1S/C22H18F2N2O3S/c23-17-7-9-19(24)21(13-17)30(28,29)25-18-8-10-20-16(12-18)6-11-22(27)26(20)14-15-4-2-1-3-5-15/h1-5,7-10,12-13,25H,6,11,14H2. The van der Waals surface area contributed by atoms with Gasteiger partial charge in [-0.25, -0.2) is 17.2 Å². The van der Waals surface area contributed by atoms with Crippen molar-refractivity contribution in [1.29, 1.82) is 0 Å². The number of carbonyl (C=O) groups excluding carboxylic acids is 1. The van der Waals surface area contributed by atoms with Crippen molar-refractivity contribution in [2.24, 2.45) is 0 Å². The first kappa shape index (κ1) is 20.0. The molecule has 5 nitrogen and oxygen atoms in total. The smallest absolute Gasteiger partial charge is 0.264 e. The highest BCUT2D eigenvalue weighted by molar-refractivity contribution is 7.92. The molecule has 0 saturated carbocycles. The lowest BCUT2D eigenvalue weighted by Crippen LogP contribution is -2.34. The normalized spacial score (nSPS) is 13.8. The van der Waals surface area contributed by atoms with E-state index < -0.39 is 26.6 Å². The summed E-state index contributed by atoms with van der Waals surface area (Å²) in [7, 11) is -4.31. The molecule has 1 aliphatic heterocycles. The van der Waals surface area contributed by atoms with Gasteiger partial charge in [0.1, 0.15) is 16.5 Å². The van der Waals surface area contributed by atoms with Gasteiger partial charge in [0.15, 0.2) is 0 Å². The Morgan fingerprint density at radius 2 is 1.70 bits per heavy atom. The fraction of sp³-hybridized carbons (Fsp3) is 0.136. The molecule has 0 aliphatic carbocycles. The lowest BCUT2D eigenvalue weighted by atomic mass is 10.00. The molecule has 30 heavy (non-hydrogen) atoms. The van der Waals surface area contributed by atoms with Crippen LogP contribution < -0.4 is 9.62 Å². The van der Waals surface area contributed by atoms with E-state index in [2.05, 4.69) is 4.72 Å². The monoisotopic (exact) mass is 428 g/mol. The number of halogens is 2. The molecule has 1 heterocycles. The van der Waals surface area contributed by atoms with Crippen molar-refractivity contribution >= 4 is 27.3 Å². The Morgan fingerprint density at radius 1 is 0.933 bits per heavy atom. The zero-order chi connectivity index (χ0) is 21.3. The summed E-state index contributed by atoms with van der Waals surface area (Å²) in [6.07, 6.45) is 0.762. The maximum atomic E-state index is 13.9. The molecular formula is C22H18F2N2O3S. The number of hydrogen-bond donors (Lipinski definition) is 1. The fourth-order valence-corrected chi connectivity index (χ4v) is 4.60. The van der Waals surface area contributed by atoms with Gasteiger partial charge in [-0.3, -0.25) is 9.52 Å². The van der Waals surface area contributed by atoms with Gasteiger partial charge in [-0.15, -0.1) is 0 Å². The van der Waals surface area contributed by atoms with Crippen molar-refractivity contribution in [1.82, 2.24) is 0 Å². The minimum Gasteiger partial charge on any atom is -0.308 e. The Kier molecular flexibility index (Phi) is 5.26. The lowest BCUT2D eigenvalue weighted by Gasteiger charge is -2.30. The third-order valence-corrected chi connectivity index (χ3v) is 6.29. The minimum atomic E-state index is -4.31. The molecule has 1 aliphatic rings. The molecule has 8 heteroatoms. The molecule has 4 rings (SSSR count). The van der Waals surface area contributed by atoms with Crippen molar-refractivity contribution < 1.29 is 22.0 Å². The van der Waals surface area contributed by atoms with E-state index in [9.17, 15) is 22.0 Å². The number of nitrogens with one attached hydrogen (secondary N) is 1. The first-order valence-corrected chi connectivity index (χ1v) is 10.8. The average molecular weight is 428 g/mol. The predicted octanol–water partition coefficient (Wildman–Crippen LogP) is 4.25. The number of rotatable bonds is 5. The van der Waals surface area contributed by atoms with E-state index in [-0.39, 0.29) is 11.6 Å². The van der Waals surface area contributed by atoms with E-state index in [0.29, 0.717) is 31.1 Å². The van der Waals surface area contributed by atoms with Gasteiger partial charge in [0.05, 0.1) is 6.54 Å². The van der Waals surface area contributed by atoms with Gasteiger partial charge >= 0.3 is 0 Å². The van der Waals surface area contributed by atoms with Crippen LogP contribution in [-0.2, 0) is 27.8 Å². The van der Waals surface area contributed by atoms with Crippen LogP contribution in [0.15, 0.2) is 71.6 Å². The lowest BCUT2D eigenvalue weighted by molar-refractivity contribution is -0.119. The summed E-state index contributed by atoms with van der Waals surface area (Å²) in [4.78, 5) is 13.4. The van der Waals surface area contributed by atoms with Gasteiger partial charge in [-0.1, -0.05) is 30.3 Å². The SMILES string of the molecule is O=C1CCc2cc(NS(=O)(=O)c3cc(F)ccc3F)ccc2N1Cc1ccccc1. The van der Waals surface area contributed by atoms with Gasteiger partial charge < -0.3 is 4.90 Å². The second kappa shape index (κ2) is 7.87. The number of anilines is 2. The van der Waals surface area contributed by atoms with Crippen LogP contribution in [0.1, 0.15) is 17.5 Å². The number of hydrogen-bond acceptors (Lipinski definition) is 3. The van der Waals surface area contributed by atoms with Gasteiger partial charge in [0.25, 0.3) is 10.0 Å². The number of nitrogens with zero attached hydrogens (tertiary/aromatic N) is 1. The average Bonchev–Trinajstić information content (AvgIpc) is 2.72. The van der Waals surface area contributed by atoms with Gasteiger partial charge in [0, 0.05) is 17.8 Å². The molecule has 0 radical (unpaired) electrons. The second-order valence-corrected chi connectivity index (χ2v) is 8.64. The molecule has 0 bridgehead atoms. The quantitative estimate of drug-likeness (QED) is 0.661. The van der Waals surface area contributed by atoms with E-state index in [1.54, 1.807) is 17.0 Å². The van der Waals surface area contributed by atoms with Crippen LogP contribution in [0, 0.1) is 11.6 Å². The molecule has 0 saturated heterocycles. The topological polar surface area (TPSA) is 66.5 Å². The second-order valence-electron chi connectivity index (χ2n) is 6.99. The summed E-state index contributed by atoms with van der Waals surface area (Å²) in [6, 6.07) is 16.6. The molecule has 1 amide bonds. The van der Waals surface area contributed by atoms with Crippen LogP contribution in [-0.4, -0.2) is 14.3 Å². The number of fused-ring (bicyclic) bond motifs is 1. The summed E-state index contributed by atoms with van der Waals surface area (Å²) in [6.45, 7) is 0.409. The third kappa shape index (κ3) is 4.04. The minimum absolute atomic E-state index is 0.0125. The summed E-state index contributed by atoms with van der Waals surface area (Å²) in [5.41, 5.74) is 2.69. The van der Waals surface area contributed by atoms with Crippen molar-refractivity contribution in [2.75, 3.05) is 9.62 Å². The van der Waals surface area contributed by atoms with E-state index >= 15 is 0 Å². The zero-order valence-corrected chi connectivity index (χ0v) is 16.6. The number of sulfonamides is 1. The van der Waals surface area contributed by atoms with Gasteiger partial charge in [-0.05, 0) is 53.9 Å². The number of carbonyl (C=O) groups is 1. The summed E-state index contributed by atoms with van der Waals surface area (Å²) >= 11 is 0.